The van der Waals surface area contributed by atoms with E-state index in [4.69, 9.17) is 0 Å². The molecule has 16 heavy (non-hydrogen) atoms. The Labute approximate surface area is 107 Å². The summed E-state index contributed by atoms with van der Waals surface area (Å²) >= 11 is 3.38. The lowest BCUT2D eigenvalue weighted by Crippen LogP contribution is -2.26. The summed E-state index contributed by atoms with van der Waals surface area (Å²) in [6.07, 6.45) is 4.35. The topological polar surface area (TPSA) is 24.9 Å². The van der Waals surface area contributed by atoms with Crippen molar-refractivity contribution in [2.45, 2.75) is 46.2 Å². The van der Waals surface area contributed by atoms with Gasteiger partial charge in [-0.3, -0.25) is 4.98 Å². The van der Waals surface area contributed by atoms with E-state index in [0.29, 0.717) is 6.04 Å². The summed E-state index contributed by atoms with van der Waals surface area (Å²) in [5.74, 6) is 0.787. The van der Waals surface area contributed by atoms with Crippen LogP contribution in [0.15, 0.2) is 22.8 Å². The van der Waals surface area contributed by atoms with Crippen LogP contribution in [-0.4, -0.2) is 11.0 Å². The monoisotopic (exact) mass is 284 g/mol. The number of nitrogens with zero attached hydrogens (tertiary/aromatic N) is 1. The summed E-state index contributed by atoms with van der Waals surface area (Å²) in [5, 5.41) is 3.50. The Hall–Kier alpha value is -0.410. The van der Waals surface area contributed by atoms with Crippen molar-refractivity contribution in [2.75, 3.05) is 0 Å². The predicted octanol–water partition coefficient (Wildman–Crippen LogP) is 3.76. The second-order valence-corrected chi connectivity index (χ2v) is 5.64. The number of hydrogen-bond acceptors (Lipinski definition) is 2. The van der Waals surface area contributed by atoms with Crippen molar-refractivity contribution in [3.05, 3.63) is 28.5 Å². The molecule has 0 fully saturated rings. The van der Waals surface area contributed by atoms with Crippen LogP contribution in [0, 0.1) is 5.92 Å². The Kier molecular flexibility index (Phi) is 5.99. The third kappa shape index (κ3) is 5.61. The van der Waals surface area contributed by atoms with E-state index in [1.165, 1.54) is 12.8 Å². The van der Waals surface area contributed by atoms with Crippen molar-refractivity contribution in [3.8, 4) is 0 Å². The summed E-state index contributed by atoms with van der Waals surface area (Å²) in [6.45, 7) is 7.62. The molecule has 1 rings (SSSR count). The molecule has 0 saturated heterocycles. The first-order valence-corrected chi connectivity index (χ1v) is 6.71. The minimum atomic E-state index is 0.563. The Morgan fingerprint density at radius 3 is 2.56 bits per heavy atom. The second-order valence-electron chi connectivity index (χ2n) is 4.72. The van der Waals surface area contributed by atoms with Gasteiger partial charge in [-0.05, 0) is 53.7 Å². The van der Waals surface area contributed by atoms with E-state index in [-0.39, 0.29) is 0 Å². The van der Waals surface area contributed by atoms with Crippen LogP contribution in [0.3, 0.4) is 0 Å². The van der Waals surface area contributed by atoms with Gasteiger partial charge in [0.15, 0.2) is 0 Å². The molecule has 0 saturated carbocycles. The first-order chi connectivity index (χ1) is 7.58. The summed E-state index contributed by atoms with van der Waals surface area (Å²) in [4.78, 5) is 4.34. The molecule has 0 radical (unpaired) electrons. The van der Waals surface area contributed by atoms with Crippen LogP contribution in [0.4, 0.5) is 0 Å². The molecule has 0 aliphatic heterocycles. The van der Waals surface area contributed by atoms with Gasteiger partial charge in [-0.2, -0.15) is 0 Å². The highest BCUT2D eigenvalue weighted by Crippen LogP contribution is 2.09. The standard InChI is InChI=1S/C13H21BrN2/c1-10(2)4-5-11(3)15-9-13-7-6-12(14)8-16-13/h6-8,10-11,15H,4-5,9H2,1-3H3. The van der Waals surface area contributed by atoms with Gasteiger partial charge in [-0.1, -0.05) is 13.8 Å². The van der Waals surface area contributed by atoms with Gasteiger partial charge in [0.2, 0.25) is 0 Å². The number of rotatable bonds is 6. The molecule has 1 N–H and O–H groups in total. The zero-order chi connectivity index (χ0) is 12.0. The number of pyridine rings is 1. The fourth-order valence-electron chi connectivity index (χ4n) is 1.48. The molecule has 0 aromatic carbocycles. The molecular formula is C13H21BrN2. The van der Waals surface area contributed by atoms with Gasteiger partial charge in [0, 0.05) is 23.3 Å². The molecule has 1 heterocycles. The van der Waals surface area contributed by atoms with Crippen LogP contribution in [0.1, 0.15) is 39.3 Å². The quantitative estimate of drug-likeness (QED) is 0.861. The summed E-state index contributed by atoms with van der Waals surface area (Å²) in [5.41, 5.74) is 1.10. The van der Waals surface area contributed by atoms with Crippen molar-refractivity contribution in [1.82, 2.24) is 10.3 Å². The Balaban J connectivity index is 2.26. The van der Waals surface area contributed by atoms with Crippen LogP contribution in [-0.2, 0) is 6.54 Å². The van der Waals surface area contributed by atoms with E-state index in [2.05, 4.69) is 47.0 Å². The maximum absolute atomic E-state index is 4.34. The first-order valence-electron chi connectivity index (χ1n) is 5.91. The molecule has 1 atom stereocenters. The summed E-state index contributed by atoms with van der Waals surface area (Å²) < 4.78 is 1.03. The average Bonchev–Trinajstić information content (AvgIpc) is 2.25. The molecule has 3 heteroatoms. The van der Waals surface area contributed by atoms with E-state index in [1.54, 1.807) is 0 Å². The van der Waals surface area contributed by atoms with Crippen molar-refractivity contribution in [1.29, 1.82) is 0 Å². The maximum Gasteiger partial charge on any atom is 0.0542 e. The van der Waals surface area contributed by atoms with Crippen molar-refractivity contribution in [2.24, 2.45) is 5.92 Å². The molecular weight excluding hydrogens is 264 g/mol. The number of halogens is 1. The maximum atomic E-state index is 4.34. The van der Waals surface area contributed by atoms with Crippen LogP contribution in [0.25, 0.3) is 0 Å². The molecule has 0 bridgehead atoms. The number of nitrogens with one attached hydrogen (secondary N) is 1. The lowest BCUT2D eigenvalue weighted by atomic mass is 10.0. The van der Waals surface area contributed by atoms with Gasteiger partial charge in [0.1, 0.15) is 0 Å². The molecule has 0 aliphatic rings. The van der Waals surface area contributed by atoms with Crippen molar-refractivity contribution in [3.63, 3.8) is 0 Å². The predicted molar refractivity (Wildman–Crippen MR) is 72.3 cm³/mol. The van der Waals surface area contributed by atoms with Crippen molar-refractivity contribution >= 4 is 15.9 Å². The SMILES string of the molecule is CC(C)CCC(C)NCc1ccc(Br)cn1. The average molecular weight is 285 g/mol. The fourth-order valence-corrected chi connectivity index (χ4v) is 1.71. The zero-order valence-electron chi connectivity index (χ0n) is 10.3. The minimum absolute atomic E-state index is 0.563. The van der Waals surface area contributed by atoms with Gasteiger partial charge < -0.3 is 5.32 Å². The van der Waals surface area contributed by atoms with Gasteiger partial charge >= 0.3 is 0 Å². The highest BCUT2D eigenvalue weighted by atomic mass is 79.9. The molecule has 1 aromatic heterocycles. The van der Waals surface area contributed by atoms with Crippen molar-refractivity contribution < 1.29 is 0 Å². The number of hydrogen-bond donors (Lipinski definition) is 1. The fraction of sp³-hybridized carbons (Fsp3) is 0.615. The Bertz CT molecular complexity index is 295. The third-order valence-electron chi connectivity index (χ3n) is 2.60. The van der Waals surface area contributed by atoms with Gasteiger partial charge in [0.05, 0.1) is 5.69 Å². The highest BCUT2D eigenvalue weighted by molar-refractivity contribution is 9.10. The van der Waals surface area contributed by atoms with Gasteiger partial charge in [-0.25, -0.2) is 0 Å². The Morgan fingerprint density at radius 1 is 1.25 bits per heavy atom. The Morgan fingerprint density at radius 2 is 2.00 bits per heavy atom. The minimum Gasteiger partial charge on any atom is -0.309 e. The molecule has 0 amide bonds. The number of aromatic nitrogens is 1. The zero-order valence-corrected chi connectivity index (χ0v) is 11.9. The smallest absolute Gasteiger partial charge is 0.0542 e. The van der Waals surface area contributed by atoms with Crippen LogP contribution < -0.4 is 5.32 Å². The van der Waals surface area contributed by atoms with E-state index < -0.39 is 0 Å². The highest BCUT2D eigenvalue weighted by Gasteiger charge is 2.03. The first kappa shape index (κ1) is 13.7. The van der Waals surface area contributed by atoms with Gasteiger partial charge in [-0.15, -0.1) is 0 Å². The summed E-state index contributed by atoms with van der Waals surface area (Å²) in [7, 11) is 0. The van der Waals surface area contributed by atoms with E-state index in [1.807, 2.05) is 18.3 Å². The van der Waals surface area contributed by atoms with Gasteiger partial charge in [0.25, 0.3) is 0 Å². The lowest BCUT2D eigenvalue weighted by molar-refractivity contribution is 0.449. The normalized spacial score (nSPS) is 13.1. The molecule has 90 valence electrons. The van der Waals surface area contributed by atoms with E-state index in [9.17, 15) is 0 Å². The lowest BCUT2D eigenvalue weighted by Gasteiger charge is -2.14. The van der Waals surface area contributed by atoms with E-state index in [0.717, 1.165) is 22.6 Å². The molecule has 1 aromatic rings. The molecule has 0 spiro atoms. The largest absolute Gasteiger partial charge is 0.309 e. The van der Waals surface area contributed by atoms with Crippen LogP contribution in [0.5, 0.6) is 0 Å². The molecule has 0 aliphatic carbocycles. The molecule has 2 nitrogen and oxygen atoms in total. The van der Waals surface area contributed by atoms with E-state index >= 15 is 0 Å². The summed E-state index contributed by atoms with van der Waals surface area (Å²) in [6, 6.07) is 4.64. The third-order valence-corrected chi connectivity index (χ3v) is 3.07. The van der Waals surface area contributed by atoms with Crippen LogP contribution >= 0.6 is 15.9 Å². The molecule has 1 unspecified atom stereocenters. The second kappa shape index (κ2) is 7.02. The van der Waals surface area contributed by atoms with Crippen LogP contribution in [0.2, 0.25) is 0 Å².